The summed E-state index contributed by atoms with van der Waals surface area (Å²) >= 11 is 0. The molecule has 1 aromatic carbocycles. The molecule has 0 aliphatic heterocycles. The summed E-state index contributed by atoms with van der Waals surface area (Å²) < 4.78 is 4.96. The predicted molar refractivity (Wildman–Crippen MR) is 77.9 cm³/mol. The highest BCUT2D eigenvalue weighted by atomic mass is 16.5. The molecule has 0 fully saturated rings. The maximum Gasteiger partial charge on any atom is 0.251 e. The Morgan fingerprint density at radius 1 is 1.00 bits per heavy atom. The van der Waals surface area contributed by atoms with Gasteiger partial charge in [-0.15, -0.1) is 10.2 Å². The van der Waals surface area contributed by atoms with Gasteiger partial charge >= 0.3 is 0 Å². The van der Waals surface area contributed by atoms with Crippen molar-refractivity contribution in [2.75, 3.05) is 7.11 Å². The Labute approximate surface area is 120 Å². The van der Waals surface area contributed by atoms with Gasteiger partial charge in [0.15, 0.2) is 5.82 Å². The maximum atomic E-state index is 11.8. The number of hydrogen-bond donors (Lipinski definition) is 1. The second kappa shape index (κ2) is 5.54. The summed E-state index contributed by atoms with van der Waals surface area (Å²) in [4.78, 5) is 18.9. The smallest absolute Gasteiger partial charge is 0.251 e. The molecule has 0 amide bonds. The third kappa shape index (κ3) is 2.79. The molecule has 6 heteroatoms. The van der Waals surface area contributed by atoms with Gasteiger partial charge in [-0.2, -0.15) is 0 Å². The van der Waals surface area contributed by atoms with Gasteiger partial charge in [-0.05, 0) is 6.07 Å². The van der Waals surface area contributed by atoms with Crippen LogP contribution in [0.4, 0.5) is 0 Å². The Morgan fingerprint density at radius 2 is 1.81 bits per heavy atom. The van der Waals surface area contributed by atoms with Crippen LogP contribution in [0.1, 0.15) is 0 Å². The van der Waals surface area contributed by atoms with E-state index in [2.05, 4.69) is 20.2 Å². The zero-order chi connectivity index (χ0) is 14.7. The molecule has 104 valence electrons. The number of aromatic nitrogens is 4. The number of hydrogen-bond acceptors (Lipinski definition) is 5. The summed E-state index contributed by atoms with van der Waals surface area (Å²) in [5, 5.41) is 7.86. The molecule has 2 aromatic heterocycles. The van der Waals surface area contributed by atoms with Crippen molar-refractivity contribution < 1.29 is 4.74 Å². The second-order valence-electron chi connectivity index (χ2n) is 4.31. The van der Waals surface area contributed by atoms with Crippen molar-refractivity contribution in [2.24, 2.45) is 0 Å². The molecule has 3 rings (SSSR count). The molecule has 0 saturated carbocycles. The number of aromatic amines is 1. The number of nitrogens with zero attached hydrogens (tertiary/aromatic N) is 3. The zero-order valence-corrected chi connectivity index (χ0v) is 11.3. The van der Waals surface area contributed by atoms with E-state index in [4.69, 9.17) is 4.74 Å². The Morgan fingerprint density at radius 3 is 2.48 bits per heavy atom. The lowest BCUT2D eigenvalue weighted by Gasteiger charge is -2.04. The van der Waals surface area contributed by atoms with E-state index in [9.17, 15) is 4.79 Å². The van der Waals surface area contributed by atoms with Crippen LogP contribution in [0.2, 0.25) is 0 Å². The highest BCUT2D eigenvalue weighted by molar-refractivity contribution is 5.61. The van der Waals surface area contributed by atoms with Crippen LogP contribution in [0.3, 0.4) is 0 Å². The molecule has 0 bridgehead atoms. The van der Waals surface area contributed by atoms with Crippen molar-refractivity contribution in [1.82, 2.24) is 20.2 Å². The van der Waals surface area contributed by atoms with Crippen LogP contribution in [0.25, 0.3) is 22.8 Å². The van der Waals surface area contributed by atoms with Gasteiger partial charge in [0.05, 0.1) is 12.8 Å². The van der Waals surface area contributed by atoms with E-state index in [0.717, 1.165) is 5.56 Å². The van der Waals surface area contributed by atoms with Gasteiger partial charge in [0.25, 0.3) is 5.56 Å². The normalized spacial score (nSPS) is 10.3. The van der Waals surface area contributed by atoms with Gasteiger partial charge in [0, 0.05) is 17.7 Å². The molecule has 0 spiro atoms. The van der Waals surface area contributed by atoms with Crippen molar-refractivity contribution in [3.63, 3.8) is 0 Å². The van der Waals surface area contributed by atoms with Gasteiger partial charge in [-0.1, -0.05) is 30.3 Å². The average Bonchev–Trinajstić information content (AvgIpc) is 2.55. The summed E-state index contributed by atoms with van der Waals surface area (Å²) in [6, 6.07) is 14.3. The Balaban J connectivity index is 2.07. The van der Waals surface area contributed by atoms with Gasteiger partial charge in [-0.25, -0.2) is 4.98 Å². The standard InChI is InChI=1S/C15H12N4O2/c1-21-14-8-7-11(18-19-14)15-16-12(9-13(20)17-15)10-5-3-2-4-6-10/h2-9H,1H3,(H,16,17,20). The third-order valence-corrected chi connectivity index (χ3v) is 2.90. The van der Waals surface area contributed by atoms with E-state index in [1.54, 1.807) is 12.1 Å². The minimum absolute atomic E-state index is 0.239. The fraction of sp³-hybridized carbons (Fsp3) is 0.0667. The second-order valence-corrected chi connectivity index (χ2v) is 4.31. The first-order valence-electron chi connectivity index (χ1n) is 6.31. The van der Waals surface area contributed by atoms with Gasteiger partial charge in [0.2, 0.25) is 5.88 Å². The molecule has 2 heterocycles. The molecule has 0 aliphatic rings. The highest BCUT2D eigenvalue weighted by Gasteiger charge is 2.08. The van der Waals surface area contributed by atoms with E-state index in [1.807, 2.05) is 30.3 Å². The minimum atomic E-state index is -0.239. The molecular weight excluding hydrogens is 268 g/mol. The summed E-state index contributed by atoms with van der Waals surface area (Å²) in [7, 11) is 1.51. The molecule has 0 atom stereocenters. The van der Waals surface area contributed by atoms with E-state index in [1.165, 1.54) is 13.2 Å². The largest absolute Gasteiger partial charge is 0.480 e. The van der Waals surface area contributed by atoms with Gasteiger partial charge in [-0.3, -0.25) is 4.79 Å². The molecular formula is C15H12N4O2. The average molecular weight is 280 g/mol. The lowest BCUT2D eigenvalue weighted by atomic mass is 10.1. The molecule has 3 aromatic rings. The zero-order valence-electron chi connectivity index (χ0n) is 11.3. The molecule has 0 radical (unpaired) electrons. The van der Waals surface area contributed by atoms with E-state index in [-0.39, 0.29) is 5.56 Å². The van der Waals surface area contributed by atoms with E-state index >= 15 is 0 Å². The summed E-state index contributed by atoms with van der Waals surface area (Å²) in [6.45, 7) is 0. The van der Waals surface area contributed by atoms with E-state index < -0.39 is 0 Å². The number of benzene rings is 1. The lowest BCUT2D eigenvalue weighted by Crippen LogP contribution is -2.09. The van der Waals surface area contributed by atoms with Crippen molar-refractivity contribution in [3.8, 4) is 28.7 Å². The van der Waals surface area contributed by atoms with Crippen LogP contribution in [0.15, 0.2) is 53.3 Å². The van der Waals surface area contributed by atoms with Crippen LogP contribution in [0, 0.1) is 0 Å². The lowest BCUT2D eigenvalue weighted by molar-refractivity contribution is 0.392. The molecule has 0 saturated heterocycles. The SMILES string of the molecule is COc1ccc(-c2nc(-c3ccccc3)cc(=O)[nH]2)nn1. The third-order valence-electron chi connectivity index (χ3n) is 2.90. The van der Waals surface area contributed by atoms with Crippen LogP contribution in [0.5, 0.6) is 5.88 Å². The Kier molecular flexibility index (Phi) is 3.42. The summed E-state index contributed by atoms with van der Waals surface area (Å²) in [5.41, 5.74) is 1.69. The first-order chi connectivity index (χ1) is 10.3. The number of methoxy groups -OCH3 is 1. The molecule has 6 nitrogen and oxygen atoms in total. The monoisotopic (exact) mass is 280 g/mol. The van der Waals surface area contributed by atoms with Crippen molar-refractivity contribution in [3.05, 3.63) is 58.9 Å². The van der Waals surface area contributed by atoms with Crippen molar-refractivity contribution >= 4 is 0 Å². The number of ether oxygens (including phenoxy) is 1. The number of rotatable bonds is 3. The first kappa shape index (κ1) is 13.0. The summed E-state index contributed by atoms with van der Waals surface area (Å²) in [5.74, 6) is 0.775. The van der Waals surface area contributed by atoms with Crippen LogP contribution in [-0.2, 0) is 0 Å². The van der Waals surface area contributed by atoms with Crippen molar-refractivity contribution in [2.45, 2.75) is 0 Å². The van der Waals surface area contributed by atoms with Crippen LogP contribution < -0.4 is 10.3 Å². The summed E-state index contributed by atoms with van der Waals surface area (Å²) in [6.07, 6.45) is 0. The number of nitrogens with one attached hydrogen (secondary N) is 1. The first-order valence-corrected chi connectivity index (χ1v) is 6.31. The fourth-order valence-corrected chi connectivity index (χ4v) is 1.89. The predicted octanol–water partition coefficient (Wildman–Crippen LogP) is 1.90. The topological polar surface area (TPSA) is 80.8 Å². The Hall–Kier alpha value is -3.02. The van der Waals surface area contributed by atoms with Gasteiger partial charge in [0.1, 0.15) is 5.69 Å². The van der Waals surface area contributed by atoms with Crippen LogP contribution in [-0.4, -0.2) is 27.3 Å². The molecule has 0 unspecified atom stereocenters. The molecule has 1 N–H and O–H groups in total. The molecule has 0 aliphatic carbocycles. The van der Waals surface area contributed by atoms with Gasteiger partial charge < -0.3 is 9.72 Å². The Bertz CT molecular complexity index is 798. The highest BCUT2D eigenvalue weighted by Crippen LogP contribution is 2.18. The maximum absolute atomic E-state index is 11.8. The minimum Gasteiger partial charge on any atom is -0.480 e. The quantitative estimate of drug-likeness (QED) is 0.792. The fourth-order valence-electron chi connectivity index (χ4n) is 1.89. The van der Waals surface area contributed by atoms with Crippen LogP contribution >= 0.6 is 0 Å². The van der Waals surface area contributed by atoms with Crippen molar-refractivity contribution in [1.29, 1.82) is 0 Å². The number of H-pyrrole nitrogens is 1. The van der Waals surface area contributed by atoms with E-state index in [0.29, 0.717) is 23.1 Å². The molecule has 21 heavy (non-hydrogen) atoms.